The van der Waals surface area contributed by atoms with Gasteiger partial charge in [0.05, 0.1) is 17.7 Å². The van der Waals surface area contributed by atoms with Crippen LogP contribution in [0.15, 0.2) is 102 Å². The van der Waals surface area contributed by atoms with E-state index in [1.165, 1.54) is 30.2 Å². The summed E-state index contributed by atoms with van der Waals surface area (Å²) in [5.41, 5.74) is 2.51. The Morgan fingerprint density at radius 1 is 0.872 bits per heavy atom. The van der Waals surface area contributed by atoms with Crippen LogP contribution in [0, 0.1) is 6.92 Å². The van der Waals surface area contributed by atoms with Crippen molar-refractivity contribution in [1.29, 1.82) is 0 Å². The first kappa shape index (κ1) is 35.8. The van der Waals surface area contributed by atoms with Gasteiger partial charge in [0, 0.05) is 29.1 Å². The van der Waals surface area contributed by atoms with E-state index in [0.717, 1.165) is 15.4 Å². The van der Waals surface area contributed by atoms with Gasteiger partial charge in [-0.3, -0.25) is 13.9 Å². The van der Waals surface area contributed by atoms with E-state index in [4.69, 9.17) is 27.9 Å². The lowest BCUT2D eigenvalue weighted by molar-refractivity contribution is -0.140. The fraction of sp³-hybridized carbons (Fsp3) is 0.278. The van der Waals surface area contributed by atoms with Crippen molar-refractivity contribution in [2.75, 3.05) is 18.0 Å². The van der Waals surface area contributed by atoms with E-state index in [-0.39, 0.29) is 46.3 Å². The molecule has 0 aliphatic heterocycles. The molecule has 47 heavy (non-hydrogen) atoms. The fourth-order valence-corrected chi connectivity index (χ4v) is 6.70. The molecule has 4 aromatic rings. The van der Waals surface area contributed by atoms with Crippen LogP contribution in [0.4, 0.5) is 5.69 Å². The van der Waals surface area contributed by atoms with Gasteiger partial charge in [-0.05, 0) is 73.9 Å². The molecule has 0 aliphatic carbocycles. The summed E-state index contributed by atoms with van der Waals surface area (Å²) >= 11 is 12.5. The van der Waals surface area contributed by atoms with Crippen molar-refractivity contribution in [1.82, 2.24) is 10.2 Å². The highest BCUT2D eigenvalue weighted by molar-refractivity contribution is 7.92. The molecule has 2 atom stereocenters. The third-order valence-corrected chi connectivity index (χ3v) is 10.1. The number of halogens is 2. The SMILES string of the molecule is CC[C@@H](C)NC(=O)[C@H](Cc1ccccc1)N(Cc1ccc(Cl)cc1)C(=O)CN(c1cc(Cl)ccc1OC)S(=O)(=O)c1ccc(C)cc1. The second-order valence-electron chi connectivity index (χ2n) is 11.3. The highest BCUT2D eigenvalue weighted by atomic mass is 35.5. The molecule has 4 rings (SSSR count). The van der Waals surface area contributed by atoms with Gasteiger partial charge >= 0.3 is 0 Å². The van der Waals surface area contributed by atoms with Gasteiger partial charge in [0.25, 0.3) is 10.0 Å². The van der Waals surface area contributed by atoms with Gasteiger partial charge in [-0.25, -0.2) is 8.42 Å². The number of aryl methyl sites for hydroxylation is 1. The van der Waals surface area contributed by atoms with Gasteiger partial charge in [-0.2, -0.15) is 0 Å². The Labute approximate surface area is 287 Å². The van der Waals surface area contributed by atoms with Crippen LogP contribution in [-0.2, 0) is 32.6 Å². The summed E-state index contributed by atoms with van der Waals surface area (Å²) in [6.07, 6.45) is 0.889. The summed E-state index contributed by atoms with van der Waals surface area (Å²) in [5, 5.41) is 3.80. The number of anilines is 1. The minimum Gasteiger partial charge on any atom is -0.495 e. The number of rotatable bonds is 14. The van der Waals surface area contributed by atoms with E-state index in [1.54, 1.807) is 48.5 Å². The summed E-state index contributed by atoms with van der Waals surface area (Å²) in [5.74, 6) is -0.742. The largest absolute Gasteiger partial charge is 0.495 e. The molecule has 248 valence electrons. The fourth-order valence-electron chi connectivity index (χ4n) is 4.99. The Balaban J connectivity index is 1.85. The minimum atomic E-state index is -4.33. The maximum Gasteiger partial charge on any atom is 0.264 e. The molecule has 0 saturated heterocycles. The maximum atomic E-state index is 14.6. The second-order valence-corrected chi connectivity index (χ2v) is 14.0. The third-order valence-electron chi connectivity index (χ3n) is 7.84. The predicted octanol–water partition coefficient (Wildman–Crippen LogP) is 7.06. The van der Waals surface area contributed by atoms with E-state index in [9.17, 15) is 18.0 Å². The number of hydrogen-bond acceptors (Lipinski definition) is 5. The summed E-state index contributed by atoms with van der Waals surface area (Å²) in [6, 6.07) is 26.1. The molecule has 0 fully saturated rings. The van der Waals surface area contributed by atoms with E-state index in [1.807, 2.05) is 51.1 Å². The number of sulfonamides is 1. The van der Waals surface area contributed by atoms with Crippen molar-refractivity contribution in [2.45, 2.75) is 57.1 Å². The van der Waals surface area contributed by atoms with Crippen molar-refractivity contribution < 1.29 is 22.7 Å². The van der Waals surface area contributed by atoms with Crippen LogP contribution in [0.5, 0.6) is 5.75 Å². The van der Waals surface area contributed by atoms with Gasteiger partial charge in [0.15, 0.2) is 0 Å². The maximum absolute atomic E-state index is 14.6. The van der Waals surface area contributed by atoms with Crippen LogP contribution < -0.4 is 14.4 Å². The predicted molar refractivity (Wildman–Crippen MR) is 188 cm³/mol. The Morgan fingerprint density at radius 2 is 1.51 bits per heavy atom. The zero-order valence-corrected chi connectivity index (χ0v) is 29.1. The summed E-state index contributed by atoms with van der Waals surface area (Å²) < 4.78 is 35.2. The molecule has 2 amide bonds. The highest BCUT2D eigenvalue weighted by Crippen LogP contribution is 2.35. The Morgan fingerprint density at radius 3 is 2.13 bits per heavy atom. The summed E-state index contributed by atoms with van der Waals surface area (Å²) in [6.45, 7) is 5.09. The van der Waals surface area contributed by atoms with Crippen molar-refractivity contribution in [3.05, 3.63) is 124 Å². The molecule has 0 aliphatic rings. The highest BCUT2D eigenvalue weighted by Gasteiger charge is 2.36. The molecule has 0 radical (unpaired) electrons. The van der Waals surface area contributed by atoms with Crippen LogP contribution in [-0.4, -0.2) is 50.9 Å². The molecule has 0 spiro atoms. The van der Waals surface area contributed by atoms with E-state index >= 15 is 0 Å². The van der Waals surface area contributed by atoms with Crippen LogP contribution in [0.1, 0.15) is 37.0 Å². The van der Waals surface area contributed by atoms with Crippen molar-refractivity contribution in [2.24, 2.45) is 0 Å². The van der Waals surface area contributed by atoms with Crippen molar-refractivity contribution >= 4 is 50.7 Å². The van der Waals surface area contributed by atoms with Gasteiger partial charge in [0.2, 0.25) is 11.8 Å². The number of ether oxygens (including phenoxy) is 1. The van der Waals surface area contributed by atoms with E-state index in [2.05, 4.69) is 5.32 Å². The van der Waals surface area contributed by atoms with Gasteiger partial charge in [-0.15, -0.1) is 0 Å². The first-order chi connectivity index (χ1) is 22.4. The number of nitrogens with zero attached hydrogens (tertiary/aromatic N) is 2. The average molecular weight is 697 g/mol. The lowest BCUT2D eigenvalue weighted by atomic mass is 10.0. The normalized spacial score (nSPS) is 12.6. The number of nitrogens with one attached hydrogen (secondary N) is 1. The topological polar surface area (TPSA) is 96.0 Å². The van der Waals surface area contributed by atoms with Crippen LogP contribution in [0.3, 0.4) is 0 Å². The van der Waals surface area contributed by atoms with Gasteiger partial charge in [0.1, 0.15) is 18.3 Å². The Kier molecular flexibility index (Phi) is 12.3. The van der Waals surface area contributed by atoms with Crippen LogP contribution >= 0.6 is 23.2 Å². The van der Waals surface area contributed by atoms with Crippen LogP contribution in [0.2, 0.25) is 10.0 Å². The molecule has 1 N–H and O–H groups in total. The monoisotopic (exact) mass is 695 g/mol. The van der Waals surface area contributed by atoms with E-state index in [0.29, 0.717) is 17.0 Å². The molecular formula is C36H39Cl2N3O5S. The number of amides is 2. The van der Waals surface area contributed by atoms with Gasteiger partial charge < -0.3 is 15.0 Å². The summed E-state index contributed by atoms with van der Waals surface area (Å²) in [7, 11) is -2.92. The molecule has 0 aromatic heterocycles. The zero-order chi connectivity index (χ0) is 34.1. The second kappa shape index (κ2) is 16.2. The number of methoxy groups -OCH3 is 1. The Hall–Kier alpha value is -4.05. The zero-order valence-electron chi connectivity index (χ0n) is 26.8. The Bertz CT molecular complexity index is 1770. The van der Waals surface area contributed by atoms with Crippen molar-refractivity contribution in [3.8, 4) is 5.75 Å². The summed E-state index contributed by atoms with van der Waals surface area (Å²) in [4.78, 5) is 30.0. The van der Waals surface area contributed by atoms with Crippen molar-refractivity contribution in [3.63, 3.8) is 0 Å². The molecule has 4 aromatic carbocycles. The molecule has 0 bridgehead atoms. The molecule has 0 saturated carbocycles. The molecule has 8 nitrogen and oxygen atoms in total. The average Bonchev–Trinajstić information content (AvgIpc) is 3.06. The molecular weight excluding hydrogens is 657 g/mol. The number of benzene rings is 4. The lowest BCUT2D eigenvalue weighted by Crippen LogP contribution is -2.54. The molecule has 0 unspecified atom stereocenters. The molecule has 11 heteroatoms. The third kappa shape index (κ3) is 9.28. The van der Waals surface area contributed by atoms with E-state index < -0.39 is 28.5 Å². The standard InChI is InChI=1S/C36H39Cl2N3O5S/c1-5-26(3)39-36(43)33(21-27-9-7-6-8-10-27)40(23-28-13-15-29(37)16-14-28)35(42)24-41(32-22-30(38)17-20-34(32)46-4)47(44,45)31-18-11-25(2)12-19-31/h6-20,22,26,33H,5,21,23-24H2,1-4H3,(H,39,43)/t26-,33+/m1/s1. The molecule has 0 heterocycles. The number of hydrogen-bond donors (Lipinski definition) is 1. The minimum absolute atomic E-state index is 0.0162. The smallest absolute Gasteiger partial charge is 0.264 e. The first-order valence-corrected chi connectivity index (χ1v) is 17.4. The number of carbonyl (C=O) groups is 2. The van der Waals surface area contributed by atoms with Crippen LogP contribution in [0.25, 0.3) is 0 Å². The van der Waals surface area contributed by atoms with Gasteiger partial charge in [-0.1, -0.05) is 90.3 Å². The first-order valence-electron chi connectivity index (χ1n) is 15.2. The quantitative estimate of drug-likeness (QED) is 0.152. The number of carbonyl (C=O) groups excluding carboxylic acids is 2. The lowest BCUT2D eigenvalue weighted by Gasteiger charge is -2.34.